The van der Waals surface area contributed by atoms with Crippen molar-refractivity contribution in [3.05, 3.63) is 59.7 Å². The summed E-state index contributed by atoms with van der Waals surface area (Å²) in [5, 5.41) is 0. The van der Waals surface area contributed by atoms with Crippen molar-refractivity contribution in [1.82, 2.24) is 0 Å². The van der Waals surface area contributed by atoms with E-state index in [1.54, 1.807) is 11.1 Å². The molecule has 4 fully saturated rings. The van der Waals surface area contributed by atoms with E-state index < -0.39 is 0 Å². The Morgan fingerprint density at radius 2 is 1.00 bits per heavy atom. The van der Waals surface area contributed by atoms with Crippen LogP contribution in [0.5, 0.6) is 11.5 Å². The highest BCUT2D eigenvalue weighted by atomic mass is 16.5. The first kappa shape index (κ1) is 25.7. The summed E-state index contributed by atoms with van der Waals surface area (Å²) >= 11 is 0. The van der Waals surface area contributed by atoms with Gasteiger partial charge in [-0.25, -0.2) is 0 Å². The fourth-order valence-electron chi connectivity index (χ4n) is 8.19. The molecule has 36 heavy (non-hydrogen) atoms. The van der Waals surface area contributed by atoms with Gasteiger partial charge in [0, 0.05) is 0 Å². The van der Waals surface area contributed by atoms with E-state index in [4.69, 9.17) is 9.47 Å². The van der Waals surface area contributed by atoms with E-state index in [9.17, 15) is 0 Å². The lowest BCUT2D eigenvalue weighted by atomic mass is 9.42. The summed E-state index contributed by atoms with van der Waals surface area (Å²) in [6.45, 7) is 6.20. The molecule has 0 atom stereocenters. The van der Waals surface area contributed by atoms with E-state index in [1.807, 2.05) is 0 Å². The zero-order chi connectivity index (χ0) is 24.8. The molecule has 2 nitrogen and oxygen atoms in total. The minimum Gasteiger partial charge on any atom is -0.494 e. The third-order valence-electron chi connectivity index (χ3n) is 9.53. The minimum absolute atomic E-state index is 0.345. The van der Waals surface area contributed by atoms with E-state index in [0.29, 0.717) is 10.8 Å². The Bertz CT molecular complexity index is 855. The normalized spacial score (nSPS) is 28.4. The molecule has 0 radical (unpaired) electrons. The van der Waals surface area contributed by atoms with Crippen LogP contribution in [0.25, 0.3) is 0 Å². The van der Waals surface area contributed by atoms with Crippen molar-refractivity contribution in [3.8, 4) is 11.5 Å². The van der Waals surface area contributed by atoms with Crippen LogP contribution < -0.4 is 9.47 Å². The maximum atomic E-state index is 6.06. The predicted octanol–water partition coefficient (Wildman–Crippen LogP) is 9.39. The van der Waals surface area contributed by atoms with Crippen molar-refractivity contribution >= 4 is 0 Å². The Morgan fingerprint density at radius 3 is 1.39 bits per heavy atom. The van der Waals surface area contributed by atoms with Gasteiger partial charge in [-0.05, 0) is 109 Å². The fraction of sp³-hybridized carbons (Fsp3) is 0.647. The van der Waals surface area contributed by atoms with Crippen LogP contribution in [0.1, 0.15) is 115 Å². The van der Waals surface area contributed by atoms with Crippen LogP contribution in [0, 0.1) is 11.8 Å². The van der Waals surface area contributed by atoms with Gasteiger partial charge in [0.1, 0.15) is 11.5 Å². The average Bonchev–Trinajstić information content (AvgIpc) is 2.88. The number of benzene rings is 2. The molecule has 0 aromatic heterocycles. The third-order valence-corrected chi connectivity index (χ3v) is 9.53. The van der Waals surface area contributed by atoms with Gasteiger partial charge in [-0.3, -0.25) is 0 Å². The number of hydrogen-bond acceptors (Lipinski definition) is 2. The predicted molar refractivity (Wildman–Crippen MR) is 150 cm³/mol. The second-order valence-electron chi connectivity index (χ2n) is 12.4. The van der Waals surface area contributed by atoms with E-state index in [2.05, 4.69) is 62.4 Å². The van der Waals surface area contributed by atoms with Gasteiger partial charge in [0.15, 0.2) is 0 Å². The number of hydrogen-bond donors (Lipinski definition) is 0. The topological polar surface area (TPSA) is 18.5 Å². The summed E-state index contributed by atoms with van der Waals surface area (Å²) in [4.78, 5) is 0. The van der Waals surface area contributed by atoms with Gasteiger partial charge in [0.05, 0.1) is 13.2 Å². The molecule has 4 aliphatic carbocycles. The summed E-state index contributed by atoms with van der Waals surface area (Å²) in [5.74, 6) is 3.82. The van der Waals surface area contributed by atoms with Crippen LogP contribution in [-0.2, 0) is 10.8 Å². The van der Waals surface area contributed by atoms with Crippen LogP contribution in [-0.4, -0.2) is 13.2 Å². The molecule has 4 saturated carbocycles. The molecule has 196 valence electrons. The fourth-order valence-corrected chi connectivity index (χ4v) is 8.19. The van der Waals surface area contributed by atoms with Crippen molar-refractivity contribution in [1.29, 1.82) is 0 Å². The van der Waals surface area contributed by atoms with Gasteiger partial charge in [-0.15, -0.1) is 0 Å². The van der Waals surface area contributed by atoms with Crippen LogP contribution >= 0.6 is 0 Å². The Hall–Kier alpha value is -1.96. The summed E-state index contributed by atoms with van der Waals surface area (Å²) < 4.78 is 12.1. The summed E-state index contributed by atoms with van der Waals surface area (Å²) in [7, 11) is 0. The number of rotatable bonds is 14. The lowest BCUT2D eigenvalue weighted by molar-refractivity contribution is -0.0281. The molecule has 0 N–H and O–H groups in total. The molecule has 0 aliphatic heterocycles. The monoisotopic (exact) mass is 488 g/mol. The van der Waals surface area contributed by atoms with Gasteiger partial charge in [-0.2, -0.15) is 0 Å². The van der Waals surface area contributed by atoms with Gasteiger partial charge < -0.3 is 9.47 Å². The molecule has 0 heterocycles. The molecule has 6 rings (SSSR count). The first-order valence-corrected chi connectivity index (χ1v) is 15.1. The Balaban J connectivity index is 1.25. The van der Waals surface area contributed by atoms with Gasteiger partial charge in [0.2, 0.25) is 0 Å². The molecule has 0 saturated heterocycles. The average molecular weight is 489 g/mol. The van der Waals surface area contributed by atoms with Crippen LogP contribution in [0.2, 0.25) is 0 Å². The molecular formula is C34H48O2. The van der Waals surface area contributed by atoms with Crippen molar-refractivity contribution in [2.75, 3.05) is 13.2 Å². The molecule has 2 heteroatoms. The first-order chi connectivity index (χ1) is 17.6. The largest absolute Gasteiger partial charge is 0.494 e. The first-order valence-electron chi connectivity index (χ1n) is 15.1. The van der Waals surface area contributed by atoms with Crippen LogP contribution in [0.3, 0.4) is 0 Å². The van der Waals surface area contributed by atoms with Crippen molar-refractivity contribution < 1.29 is 9.47 Å². The Morgan fingerprint density at radius 1 is 0.583 bits per heavy atom. The molecule has 0 unspecified atom stereocenters. The minimum atomic E-state index is 0.345. The maximum Gasteiger partial charge on any atom is 0.119 e. The highest BCUT2D eigenvalue weighted by Crippen LogP contribution is 2.66. The zero-order valence-corrected chi connectivity index (χ0v) is 22.9. The van der Waals surface area contributed by atoms with Crippen molar-refractivity contribution in [3.63, 3.8) is 0 Å². The summed E-state index contributed by atoms with van der Waals surface area (Å²) in [6, 6.07) is 18.6. The summed E-state index contributed by atoms with van der Waals surface area (Å²) in [6.07, 6.45) is 18.3. The lowest BCUT2D eigenvalue weighted by Gasteiger charge is -2.62. The molecule has 4 aliphatic rings. The third kappa shape index (κ3) is 5.63. The smallest absolute Gasteiger partial charge is 0.119 e. The van der Waals surface area contributed by atoms with Gasteiger partial charge >= 0.3 is 0 Å². The molecule has 0 amide bonds. The second kappa shape index (κ2) is 11.6. The van der Waals surface area contributed by atoms with Gasteiger partial charge in [0.25, 0.3) is 0 Å². The summed E-state index contributed by atoms with van der Waals surface area (Å²) in [5.41, 5.74) is 3.81. The Kier molecular flexibility index (Phi) is 8.28. The van der Waals surface area contributed by atoms with Crippen LogP contribution in [0.15, 0.2) is 48.5 Å². The van der Waals surface area contributed by atoms with E-state index in [0.717, 1.165) is 49.4 Å². The number of unbranched alkanes of at least 4 members (excludes halogenated alkanes) is 6. The highest BCUT2D eigenvalue weighted by molar-refractivity contribution is 5.40. The molecular weight excluding hydrogens is 440 g/mol. The van der Waals surface area contributed by atoms with E-state index >= 15 is 0 Å². The molecule has 4 bridgehead atoms. The quantitative estimate of drug-likeness (QED) is 0.247. The van der Waals surface area contributed by atoms with E-state index in [1.165, 1.54) is 77.0 Å². The zero-order valence-electron chi connectivity index (χ0n) is 22.9. The van der Waals surface area contributed by atoms with E-state index in [-0.39, 0.29) is 0 Å². The van der Waals surface area contributed by atoms with Crippen molar-refractivity contribution in [2.45, 2.75) is 115 Å². The van der Waals surface area contributed by atoms with Gasteiger partial charge in [-0.1, -0.05) is 76.6 Å². The number of ether oxygens (including phenoxy) is 2. The lowest BCUT2D eigenvalue weighted by Crippen LogP contribution is -2.55. The van der Waals surface area contributed by atoms with Crippen LogP contribution in [0.4, 0.5) is 0 Å². The molecule has 2 aromatic carbocycles. The standard InChI is InChI=1S/C34H48O2/c1-3-5-7-9-19-35-31-15-11-29(12-16-31)33-22-27-21-28(23-33)25-34(24-27,26-33)30-13-17-32(18-14-30)36-20-10-8-6-4-2/h11-18,27-28H,3-10,19-26H2,1-2H3. The maximum absolute atomic E-state index is 6.06. The van der Waals surface area contributed by atoms with Crippen molar-refractivity contribution in [2.24, 2.45) is 11.8 Å². The Labute approximate surface area is 220 Å². The highest BCUT2D eigenvalue weighted by Gasteiger charge is 2.58. The molecule has 2 aromatic rings. The second-order valence-corrected chi connectivity index (χ2v) is 12.4. The SMILES string of the molecule is CCCCCCOc1ccc(C23CC4CC(C2)CC(c2ccc(OCCCCCC)cc2)(C4)C3)cc1. The molecule has 0 spiro atoms.